The maximum absolute atomic E-state index is 4.87. The van der Waals surface area contributed by atoms with Crippen molar-refractivity contribution < 1.29 is 0 Å². The number of benzene rings is 2. The Kier molecular flexibility index (Phi) is 8.46. The van der Waals surface area contributed by atoms with Crippen LogP contribution in [0.3, 0.4) is 0 Å². The number of pyridine rings is 6. The molecule has 0 unspecified atom stereocenters. The molecule has 8 nitrogen and oxygen atoms in total. The molecule has 8 heteroatoms. The molecule has 0 N–H and O–H groups in total. The molecule has 0 saturated carbocycles. The van der Waals surface area contributed by atoms with E-state index < -0.39 is 0 Å². The Morgan fingerprint density at radius 3 is 0.840 bits per heavy atom. The predicted octanol–water partition coefficient (Wildman–Crippen LogP) is 10.5. The van der Waals surface area contributed by atoms with E-state index in [1.807, 2.05) is 146 Å². The number of hydrogen-bond donors (Lipinski definition) is 0. The second kappa shape index (κ2) is 14.0. The molecule has 8 rings (SSSR count). The number of aromatic nitrogens is 6. The zero-order chi connectivity index (χ0) is 33.5. The largest absolute Gasteiger partial charge is 0.255 e. The summed E-state index contributed by atoms with van der Waals surface area (Å²) in [6, 6.07) is 47.5. The maximum atomic E-state index is 4.87. The Labute approximate surface area is 289 Å². The molecule has 6 aromatic heterocycles. The van der Waals surface area contributed by atoms with Gasteiger partial charge in [-0.2, -0.15) is 10.2 Å². The first-order chi connectivity index (χ1) is 24.7. The fourth-order valence-corrected chi connectivity index (χ4v) is 5.53. The summed E-state index contributed by atoms with van der Waals surface area (Å²) >= 11 is 0. The second-order valence-electron chi connectivity index (χ2n) is 11.4. The van der Waals surface area contributed by atoms with Gasteiger partial charge in [0.15, 0.2) is 0 Å². The summed E-state index contributed by atoms with van der Waals surface area (Å²) in [7, 11) is 0. The van der Waals surface area contributed by atoms with E-state index in [4.69, 9.17) is 9.97 Å². The summed E-state index contributed by atoms with van der Waals surface area (Å²) in [6.45, 7) is 0. The molecule has 6 heterocycles. The standard InChI is InChI=1S/C42H28N8/c1-5-21-43-35(9-1)39-25-31(26-40(47-39)36-10-2-6-22-44-36)29-13-17-33(18-14-29)49-50-34-19-15-30(16-20-34)32-27-41(37-11-3-7-23-45-37)48-42(28-32)38-12-4-8-24-46-38/h1-28H/b50-49+. The second-order valence-corrected chi connectivity index (χ2v) is 11.4. The van der Waals surface area contributed by atoms with Crippen LogP contribution in [0.1, 0.15) is 0 Å². The third-order valence-electron chi connectivity index (χ3n) is 8.04. The van der Waals surface area contributed by atoms with E-state index in [-0.39, 0.29) is 0 Å². The fraction of sp³-hybridized carbons (Fsp3) is 0. The van der Waals surface area contributed by atoms with Gasteiger partial charge in [0.25, 0.3) is 0 Å². The lowest BCUT2D eigenvalue weighted by atomic mass is 10.0. The van der Waals surface area contributed by atoms with Crippen molar-refractivity contribution in [3.8, 4) is 67.8 Å². The summed E-state index contributed by atoms with van der Waals surface area (Å²) < 4.78 is 0. The normalized spacial score (nSPS) is 11.1. The highest BCUT2D eigenvalue weighted by atomic mass is 15.1. The quantitative estimate of drug-likeness (QED) is 0.153. The Morgan fingerprint density at radius 2 is 0.580 bits per heavy atom. The van der Waals surface area contributed by atoms with Crippen LogP contribution in [0.2, 0.25) is 0 Å². The van der Waals surface area contributed by atoms with Gasteiger partial charge >= 0.3 is 0 Å². The number of rotatable bonds is 8. The molecule has 0 bridgehead atoms. The van der Waals surface area contributed by atoms with Crippen molar-refractivity contribution in [1.29, 1.82) is 0 Å². The summed E-state index contributed by atoms with van der Waals surface area (Å²) in [4.78, 5) is 27.8. The number of azo groups is 1. The summed E-state index contributed by atoms with van der Waals surface area (Å²) in [5.41, 5.74) is 11.9. The number of hydrogen-bond acceptors (Lipinski definition) is 8. The maximum Gasteiger partial charge on any atom is 0.0900 e. The van der Waals surface area contributed by atoms with E-state index >= 15 is 0 Å². The summed E-state index contributed by atoms with van der Waals surface area (Å²) in [5, 5.41) is 9.04. The third-order valence-corrected chi connectivity index (χ3v) is 8.04. The summed E-state index contributed by atoms with van der Waals surface area (Å²) in [6.07, 6.45) is 7.09. The molecule has 50 heavy (non-hydrogen) atoms. The van der Waals surface area contributed by atoms with Gasteiger partial charge in [0, 0.05) is 24.8 Å². The van der Waals surface area contributed by atoms with Crippen LogP contribution in [0.25, 0.3) is 67.8 Å². The SMILES string of the molecule is c1ccc(-c2cc(-c3ccc(/N=N/c4ccc(-c5cc(-c6ccccn6)nc(-c6ccccn6)c5)cc4)cc3)cc(-c3ccccn3)n2)nc1. The van der Waals surface area contributed by atoms with Crippen molar-refractivity contribution in [3.63, 3.8) is 0 Å². The third kappa shape index (κ3) is 6.81. The molecule has 0 spiro atoms. The zero-order valence-electron chi connectivity index (χ0n) is 26.7. The molecular formula is C42H28N8. The van der Waals surface area contributed by atoms with Gasteiger partial charge in [-0.05, 0) is 119 Å². The topological polar surface area (TPSA) is 102 Å². The molecule has 236 valence electrons. The Balaban J connectivity index is 1.04. The van der Waals surface area contributed by atoms with Crippen LogP contribution in [-0.4, -0.2) is 29.9 Å². The Morgan fingerprint density at radius 1 is 0.280 bits per heavy atom. The summed E-state index contributed by atoms with van der Waals surface area (Å²) in [5.74, 6) is 0. The smallest absolute Gasteiger partial charge is 0.0900 e. The van der Waals surface area contributed by atoms with Crippen molar-refractivity contribution >= 4 is 11.4 Å². The molecule has 0 aliphatic heterocycles. The van der Waals surface area contributed by atoms with Crippen molar-refractivity contribution in [2.75, 3.05) is 0 Å². The molecule has 0 fully saturated rings. The van der Waals surface area contributed by atoms with E-state index in [1.165, 1.54) is 0 Å². The van der Waals surface area contributed by atoms with Gasteiger partial charge in [0.1, 0.15) is 0 Å². The van der Waals surface area contributed by atoms with Crippen LogP contribution < -0.4 is 0 Å². The average molecular weight is 645 g/mol. The van der Waals surface area contributed by atoms with Gasteiger partial charge < -0.3 is 0 Å². The van der Waals surface area contributed by atoms with E-state index in [0.29, 0.717) is 0 Å². The van der Waals surface area contributed by atoms with E-state index in [2.05, 4.69) is 30.2 Å². The monoisotopic (exact) mass is 644 g/mol. The van der Waals surface area contributed by atoms with Gasteiger partial charge in [-0.15, -0.1) is 0 Å². The van der Waals surface area contributed by atoms with Gasteiger partial charge in [0.2, 0.25) is 0 Å². The average Bonchev–Trinajstić information content (AvgIpc) is 3.21. The van der Waals surface area contributed by atoms with Crippen LogP contribution in [0.5, 0.6) is 0 Å². The highest BCUT2D eigenvalue weighted by Crippen LogP contribution is 2.32. The van der Waals surface area contributed by atoms with Crippen LogP contribution in [0, 0.1) is 0 Å². The zero-order valence-corrected chi connectivity index (χ0v) is 26.7. The lowest BCUT2D eigenvalue weighted by molar-refractivity contribution is 1.22. The lowest BCUT2D eigenvalue weighted by Crippen LogP contribution is -1.93. The molecular weight excluding hydrogens is 617 g/mol. The van der Waals surface area contributed by atoms with Crippen molar-refractivity contribution in [1.82, 2.24) is 29.9 Å². The van der Waals surface area contributed by atoms with E-state index in [1.54, 1.807) is 24.8 Å². The Bertz CT molecular complexity index is 2100. The minimum absolute atomic E-state index is 0.746. The van der Waals surface area contributed by atoms with Gasteiger partial charge in [-0.25, -0.2) is 9.97 Å². The van der Waals surface area contributed by atoms with Crippen molar-refractivity contribution in [2.24, 2.45) is 10.2 Å². The molecule has 0 saturated heterocycles. The molecule has 0 atom stereocenters. The van der Waals surface area contributed by atoms with Gasteiger partial charge in [0.05, 0.1) is 56.9 Å². The van der Waals surface area contributed by atoms with Crippen molar-refractivity contribution in [2.45, 2.75) is 0 Å². The molecule has 0 amide bonds. The minimum Gasteiger partial charge on any atom is -0.255 e. The first-order valence-electron chi connectivity index (χ1n) is 16.1. The van der Waals surface area contributed by atoms with E-state index in [0.717, 1.165) is 79.2 Å². The predicted molar refractivity (Wildman–Crippen MR) is 196 cm³/mol. The molecule has 0 aliphatic carbocycles. The van der Waals surface area contributed by atoms with Crippen molar-refractivity contribution in [3.05, 3.63) is 170 Å². The molecule has 0 aliphatic rings. The highest BCUT2D eigenvalue weighted by Gasteiger charge is 2.12. The van der Waals surface area contributed by atoms with E-state index in [9.17, 15) is 0 Å². The minimum atomic E-state index is 0.746. The Hall–Kier alpha value is -7.06. The van der Waals surface area contributed by atoms with Crippen LogP contribution >= 0.6 is 0 Å². The molecule has 8 aromatic rings. The van der Waals surface area contributed by atoms with Crippen LogP contribution in [0.4, 0.5) is 11.4 Å². The van der Waals surface area contributed by atoms with Crippen LogP contribution in [0.15, 0.2) is 181 Å². The number of nitrogens with zero attached hydrogens (tertiary/aromatic N) is 8. The van der Waals surface area contributed by atoms with Gasteiger partial charge in [-0.1, -0.05) is 48.5 Å². The van der Waals surface area contributed by atoms with Gasteiger partial charge in [-0.3, -0.25) is 19.9 Å². The first-order valence-corrected chi connectivity index (χ1v) is 16.1. The highest BCUT2D eigenvalue weighted by molar-refractivity contribution is 5.76. The molecule has 0 radical (unpaired) electrons. The lowest BCUT2D eigenvalue weighted by Gasteiger charge is -2.09. The fourth-order valence-electron chi connectivity index (χ4n) is 5.53. The van der Waals surface area contributed by atoms with Crippen LogP contribution in [-0.2, 0) is 0 Å². The first kappa shape index (κ1) is 30.3. The molecule has 2 aromatic carbocycles.